The third kappa shape index (κ3) is 3.33. The van der Waals surface area contributed by atoms with E-state index in [4.69, 9.17) is 9.47 Å². The molecule has 0 aliphatic carbocycles. The van der Waals surface area contributed by atoms with E-state index in [2.05, 4.69) is 16.6 Å². The minimum Gasteiger partial charge on any atom is -0.468 e. The molecule has 0 N–H and O–H groups in total. The van der Waals surface area contributed by atoms with Crippen LogP contribution >= 0.6 is 0 Å². The molecule has 1 heterocycles. The van der Waals surface area contributed by atoms with E-state index >= 15 is 0 Å². The van der Waals surface area contributed by atoms with Gasteiger partial charge in [0.15, 0.2) is 6.29 Å². The Hall–Kier alpha value is -1.83. The van der Waals surface area contributed by atoms with Gasteiger partial charge in [-0.2, -0.15) is 0 Å². The van der Waals surface area contributed by atoms with Gasteiger partial charge in [-0.15, -0.1) is 0 Å². The summed E-state index contributed by atoms with van der Waals surface area (Å²) in [5.41, 5.74) is 1.77. The SMILES string of the molecule is COC(=O)CC#Cc1cccc(C2OCCO2)c1. The maximum absolute atomic E-state index is 10.9. The Kier molecular flexibility index (Phi) is 4.35. The summed E-state index contributed by atoms with van der Waals surface area (Å²) < 4.78 is 15.3. The van der Waals surface area contributed by atoms with Gasteiger partial charge in [-0.05, 0) is 12.1 Å². The Labute approximate surface area is 106 Å². The molecule has 4 heteroatoms. The van der Waals surface area contributed by atoms with E-state index in [1.54, 1.807) is 0 Å². The minimum absolute atomic E-state index is 0.0944. The van der Waals surface area contributed by atoms with E-state index in [0.717, 1.165) is 11.1 Å². The highest BCUT2D eigenvalue weighted by atomic mass is 16.7. The Balaban J connectivity index is 2.04. The van der Waals surface area contributed by atoms with Crippen LogP contribution in [-0.4, -0.2) is 26.3 Å². The Morgan fingerprint density at radius 1 is 1.44 bits per heavy atom. The summed E-state index contributed by atoms with van der Waals surface area (Å²) in [6.45, 7) is 1.23. The molecular weight excluding hydrogens is 232 g/mol. The van der Waals surface area contributed by atoms with Crippen LogP contribution in [0, 0.1) is 11.8 Å². The summed E-state index contributed by atoms with van der Waals surface area (Å²) in [5.74, 6) is 5.34. The molecule has 0 radical (unpaired) electrons. The molecule has 94 valence electrons. The van der Waals surface area contributed by atoms with E-state index in [1.807, 2.05) is 24.3 Å². The first-order valence-electron chi connectivity index (χ1n) is 5.68. The van der Waals surface area contributed by atoms with E-state index in [-0.39, 0.29) is 18.7 Å². The molecule has 0 saturated carbocycles. The van der Waals surface area contributed by atoms with Gasteiger partial charge < -0.3 is 14.2 Å². The molecule has 0 aromatic heterocycles. The second kappa shape index (κ2) is 6.20. The molecule has 1 saturated heterocycles. The lowest BCUT2D eigenvalue weighted by Gasteiger charge is -2.08. The number of methoxy groups -OCH3 is 1. The van der Waals surface area contributed by atoms with Gasteiger partial charge in [-0.25, -0.2) is 0 Å². The first-order chi connectivity index (χ1) is 8.79. The van der Waals surface area contributed by atoms with Gasteiger partial charge in [0.25, 0.3) is 0 Å². The van der Waals surface area contributed by atoms with Gasteiger partial charge >= 0.3 is 5.97 Å². The van der Waals surface area contributed by atoms with Crippen molar-refractivity contribution in [2.45, 2.75) is 12.7 Å². The van der Waals surface area contributed by atoms with Gasteiger partial charge in [-0.3, -0.25) is 4.79 Å². The number of rotatable bonds is 2. The summed E-state index contributed by atoms with van der Waals surface area (Å²) in [7, 11) is 1.35. The van der Waals surface area contributed by atoms with Crippen molar-refractivity contribution in [1.29, 1.82) is 0 Å². The maximum Gasteiger partial charge on any atom is 0.317 e. The number of hydrogen-bond acceptors (Lipinski definition) is 4. The highest BCUT2D eigenvalue weighted by Gasteiger charge is 2.17. The summed E-state index contributed by atoms with van der Waals surface area (Å²) in [4.78, 5) is 10.9. The average Bonchev–Trinajstić information content (AvgIpc) is 2.93. The zero-order valence-electron chi connectivity index (χ0n) is 10.1. The molecule has 0 amide bonds. The van der Waals surface area contributed by atoms with Gasteiger partial charge in [0.1, 0.15) is 6.42 Å². The smallest absolute Gasteiger partial charge is 0.317 e. The van der Waals surface area contributed by atoms with Crippen LogP contribution in [-0.2, 0) is 19.0 Å². The first kappa shape index (κ1) is 12.6. The lowest BCUT2D eigenvalue weighted by Crippen LogP contribution is -1.98. The van der Waals surface area contributed by atoms with Crippen molar-refractivity contribution in [2.24, 2.45) is 0 Å². The molecule has 1 aromatic rings. The molecule has 1 aliphatic rings. The summed E-state index contributed by atoms with van der Waals surface area (Å²) in [6.07, 6.45) is -0.204. The highest BCUT2D eigenvalue weighted by molar-refractivity contribution is 5.72. The normalized spacial score (nSPS) is 14.9. The fraction of sp³-hybridized carbons (Fsp3) is 0.357. The lowest BCUT2D eigenvalue weighted by molar-refractivity contribution is -0.139. The molecule has 4 nitrogen and oxygen atoms in total. The van der Waals surface area contributed by atoms with Crippen molar-refractivity contribution >= 4 is 5.97 Å². The zero-order chi connectivity index (χ0) is 12.8. The molecule has 0 atom stereocenters. The lowest BCUT2D eigenvalue weighted by atomic mass is 10.1. The fourth-order valence-corrected chi connectivity index (χ4v) is 1.60. The summed E-state index contributed by atoms with van der Waals surface area (Å²) in [6, 6.07) is 7.60. The second-order valence-corrected chi connectivity index (χ2v) is 3.75. The Bertz CT molecular complexity index is 478. The number of esters is 1. The highest BCUT2D eigenvalue weighted by Crippen LogP contribution is 2.23. The maximum atomic E-state index is 10.9. The van der Waals surface area contributed by atoms with Crippen LogP contribution in [0.3, 0.4) is 0 Å². The van der Waals surface area contributed by atoms with Crippen LogP contribution in [0.4, 0.5) is 0 Å². The van der Waals surface area contributed by atoms with Crippen LogP contribution in [0.2, 0.25) is 0 Å². The van der Waals surface area contributed by atoms with Crippen molar-refractivity contribution < 1.29 is 19.0 Å². The predicted octanol–water partition coefficient (Wildman–Crippen LogP) is 1.65. The molecular formula is C14H14O4. The fourth-order valence-electron chi connectivity index (χ4n) is 1.60. The molecule has 0 bridgehead atoms. The van der Waals surface area contributed by atoms with Crippen molar-refractivity contribution in [3.8, 4) is 11.8 Å². The predicted molar refractivity (Wildman–Crippen MR) is 64.6 cm³/mol. The zero-order valence-corrected chi connectivity index (χ0v) is 10.1. The minimum atomic E-state index is -0.332. The van der Waals surface area contributed by atoms with Crippen LogP contribution in [0.1, 0.15) is 23.8 Å². The van der Waals surface area contributed by atoms with Crippen LogP contribution < -0.4 is 0 Å². The Morgan fingerprint density at radius 2 is 2.22 bits per heavy atom. The van der Waals surface area contributed by atoms with Crippen LogP contribution in [0.15, 0.2) is 24.3 Å². The third-order valence-electron chi connectivity index (χ3n) is 2.47. The van der Waals surface area contributed by atoms with E-state index < -0.39 is 0 Å². The van der Waals surface area contributed by atoms with E-state index in [1.165, 1.54) is 7.11 Å². The molecule has 1 fully saturated rings. The quantitative estimate of drug-likeness (QED) is 0.588. The van der Waals surface area contributed by atoms with Crippen molar-refractivity contribution in [1.82, 2.24) is 0 Å². The molecule has 18 heavy (non-hydrogen) atoms. The number of hydrogen-bond donors (Lipinski definition) is 0. The van der Waals surface area contributed by atoms with Crippen molar-refractivity contribution in [2.75, 3.05) is 20.3 Å². The van der Waals surface area contributed by atoms with Crippen molar-refractivity contribution in [3.63, 3.8) is 0 Å². The standard InChI is InChI=1S/C14H14O4/c1-16-13(15)7-3-5-11-4-2-6-12(10-11)14-17-8-9-18-14/h2,4,6,10,14H,7-9H2,1H3. The molecule has 1 aliphatic heterocycles. The van der Waals surface area contributed by atoms with Gasteiger partial charge in [0.05, 0.1) is 20.3 Å². The summed E-state index contributed by atoms with van der Waals surface area (Å²) in [5, 5.41) is 0. The van der Waals surface area contributed by atoms with E-state index in [0.29, 0.717) is 13.2 Å². The number of benzene rings is 1. The topological polar surface area (TPSA) is 44.8 Å². The summed E-state index contributed by atoms with van der Waals surface area (Å²) >= 11 is 0. The number of ether oxygens (including phenoxy) is 3. The van der Waals surface area contributed by atoms with E-state index in [9.17, 15) is 4.79 Å². The number of carbonyl (C=O) groups is 1. The molecule has 0 spiro atoms. The van der Waals surface area contributed by atoms with Gasteiger partial charge in [-0.1, -0.05) is 24.0 Å². The van der Waals surface area contributed by atoms with Crippen LogP contribution in [0.25, 0.3) is 0 Å². The Morgan fingerprint density at radius 3 is 2.94 bits per heavy atom. The number of carbonyl (C=O) groups excluding carboxylic acids is 1. The third-order valence-corrected chi connectivity index (χ3v) is 2.47. The monoisotopic (exact) mass is 246 g/mol. The van der Waals surface area contributed by atoms with Gasteiger partial charge in [0.2, 0.25) is 0 Å². The molecule has 2 rings (SSSR count). The largest absolute Gasteiger partial charge is 0.468 e. The second-order valence-electron chi connectivity index (χ2n) is 3.75. The molecule has 1 aromatic carbocycles. The van der Waals surface area contributed by atoms with Gasteiger partial charge in [0, 0.05) is 11.1 Å². The van der Waals surface area contributed by atoms with Crippen molar-refractivity contribution in [3.05, 3.63) is 35.4 Å². The molecule has 0 unspecified atom stereocenters. The van der Waals surface area contributed by atoms with Crippen LogP contribution in [0.5, 0.6) is 0 Å². The average molecular weight is 246 g/mol. The first-order valence-corrected chi connectivity index (χ1v) is 5.68.